The van der Waals surface area contributed by atoms with Crippen molar-refractivity contribution in [2.24, 2.45) is 0 Å². The van der Waals surface area contributed by atoms with Gasteiger partial charge in [-0.1, -0.05) is 44.1 Å². The van der Waals surface area contributed by atoms with Gasteiger partial charge in [0.1, 0.15) is 0 Å². The fourth-order valence-corrected chi connectivity index (χ4v) is 6.49. The van der Waals surface area contributed by atoms with Crippen LogP contribution in [0.15, 0.2) is 12.2 Å². The van der Waals surface area contributed by atoms with Crippen molar-refractivity contribution in [2.75, 3.05) is 20.7 Å². The number of hydrogen-bond acceptors (Lipinski definition) is 5. The second-order valence-corrected chi connectivity index (χ2v) is 11.0. The Balaban J connectivity index is 4.08. The van der Waals surface area contributed by atoms with Crippen LogP contribution in [-0.4, -0.2) is 42.5 Å². The minimum absolute atomic E-state index is 0.104. The first-order valence-corrected chi connectivity index (χ1v) is 12.0. The quantitative estimate of drug-likeness (QED) is 0.217. The minimum Gasteiger partial charge on any atom is -0.463 e. The fraction of sp³-hybridized carbons (Fsp3) is 0.765. The van der Waals surface area contributed by atoms with E-state index in [1.165, 1.54) is 22.1 Å². The molecule has 8 heteroatoms. The van der Waals surface area contributed by atoms with Gasteiger partial charge < -0.3 is 4.74 Å². The molecule has 0 fully saturated rings. The molecule has 0 aromatic heterocycles. The second kappa shape index (κ2) is 13.4. The van der Waals surface area contributed by atoms with Crippen molar-refractivity contribution in [1.82, 2.24) is 9.76 Å². The highest BCUT2D eigenvalue weighted by atomic mass is 32.7. The Morgan fingerprint density at radius 3 is 2.48 bits per heavy atom. The predicted octanol–water partition coefficient (Wildman–Crippen LogP) is 4.37. The van der Waals surface area contributed by atoms with Gasteiger partial charge in [-0.3, -0.25) is 14.0 Å². The number of carbonyl (C=O) groups is 2. The molecule has 0 rings (SSSR count). The SMILES string of the molecule is CC=CC(=O)OCCCCCCC(=O)N(C)P(=O)(NC)SC(C)CC. The summed E-state index contributed by atoms with van der Waals surface area (Å²) in [6, 6.07) is 0. The molecule has 25 heavy (non-hydrogen) atoms. The number of nitrogens with zero attached hydrogens (tertiary/aromatic N) is 1. The lowest BCUT2D eigenvalue weighted by molar-refractivity contribution is -0.137. The van der Waals surface area contributed by atoms with Crippen LogP contribution in [-0.2, 0) is 18.9 Å². The normalized spacial score (nSPS) is 14.9. The first-order chi connectivity index (χ1) is 11.8. The zero-order valence-electron chi connectivity index (χ0n) is 16.1. The van der Waals surface area contributed by atoms with Gasteiger partial charge in [0, 0.05) is 24.8 Å². The largest absolute Gasteiger partial charge is 0.463 e. The van der Waals surface area contributed by atoms with Crippen molar-refractivity contribution in [2.45, 2.75) is 64.5 Å². The summed E-state index contributed by atoms with van der Waals surface area (Å²) in [6.45, 7) is 3.30. The van der Waals surface area contributed by atoms with Crippen LogP contribution in [0.2, 0.25) is 0 Å². The Labute approximate surface area is 156 Å². The molecule has 0 radical (unpaired) electrons. The van der Waals surface area contributed by atoms with Crippen LogP contribution in [0.3, 0.4) is 0 Å². The van der Waals surface area contributed by atoms with Crippen LogP contribution >= 0.6 is 18.0 Å². The molecule has 0 aromatic rings. The van der Waals surface area contributed by atoms with E-state index in [0.717, 1.165) is 32.1 Å². The summed E-state index contributed by atoms with van der Waals surface area (Å²) >= 11 is 1.34. The van der Waals surface area contributed by atoms with Crippen LogP contribution in [0.4, 0.5) is 0 Å². The maximum absolute atomic E-state index is 12.9. The lowest BCUT2D eigenvalue weighted by atomic mass is 10.1. The van der Waals surface area contributed by atoms with E-state index in [-0.39, 0.29) is 17.1 Å². The van der Waals surface area contributed by atoms with E-state index < -0.39 is 6.65 Å². The summed E-state index contributed by atoms with van der Waals surface area (Å²) in [5.74, 6) is -0.422. The minimum atomic E-state index is -2.92. The number of amides is 1. The van der Waals surface area contributed by atoms with E-state index in [9.17, 15) is 14.2 Å². The zero-order chi connectivity index (χ0) is 19.3. The number of rotatable bonds is 13. The molecule has 0 aliphatic heterocycles. The maximum atomic E-state index is 12.9. The maximum Gasteiger partial charge on any atom is 0.330 e. The molecular formula is C17H33N2O4PS. The molecule has 0 aliphatic rings. The molecule has 2 atom stereocenters. The first-order valence-electron chi connectivity index (χ1n) is 8.84. The highest BCUT2D eigenvalue weighted by Gasteiger charge is 2.31. The van der Waals surface area contributed by atoms with Crippen LogP contribution < -0.4 is 5.09 Å². The van der Waals surface area contributed by atoms with E-state index >= 15 is 0 Å². The monoisotopic (exact) mass is 392 g/mol. The molecule has 1 amide bonds. The Bertz CT molecular complexity index is 485. The summed E-state index contributed by atoms with van der Waals surface area (Å²) in [4.78, 5) is 23.4. The van der Waals surface area contributed by atoms with E-state index in [2.05, 4.69) is 5.09 Å². The molecule has 0 aromatic carbocycles. The van der Waals surface area contributed by atoms with E-state index in [4.69, 9.17) is 4.74 Å². The Morgan fingerprint density at radius 2 is 1.92 bits per heavy atom. The summed E-state index contributed by atoms with van der Waals surface area (Å²) in [7, 11) is 3.24. The second-order valence-electron chi connectivity index (χ2n) is 5.82. The van der Waals surface area contributed by atoms with Gasteiger partial charge >= 0.3 is 5.97 Å². The molecule has 1 N–H and O–H groups in total. The van der Waals surface area contributed by atoms with Gasteiger partial charge in [0.05, 0.1) is 6.61 Å². The van der Waals surface area contributed by atoms with Crippen molar-refractivity contribution in [3.05, 3.63) is 12.2 Å². The molecule has 0 saturated carbocycles. The van der Waals surface area contributed by atoms with Crippen LogP contribution in [0, 0.1) is 0 Å². The summed E-state index contributed by atoms with van der Waals surface area (Å²) in [5, 5.41) is 3.05. The van der Waals surface area contributed by atoms with Gasteiger partial charge in [-0.2, -0.15) is 0 Å². The molecular weight excluding hydrogens is 359 g/mol. The lowest BCUT2D eigenvalue weighted by Gasteiger charge is -2.28. The number of allylic oxidation sites excluding steroid dienone is 1. The third kappa shape index (κ3) is 10.1. The highest BCUT2D eigenvalue weighted by molar-refractivity contribution is 8.57. The number of unbranched alkanes of at least 4 members (excludes halogenated alkanes) is 3. The fourth-order valence-electron chi connectivity index (χ4n) is 1.99. The number of nitrogens with one attached hydrogen (secondary N) is 1. The standard InChI is InChI=1S/C17H33N2O4PS/c1-6-12-17(21)23-14-11-9-8-10-13-16(20)19(5)24(22,18-4)25-15(3)7-2/h6,12,15H,7-11,13-14H2,1-5H3,(H,18,22). The topological polar surface area (TPSA) is 75.7 Å². The summed E-state index contributed by atoms with van der Waals surface area (Å²) in [5.41, 5.74) is 0. The zero-order valence-corrected chi connectivity index (χ0v) is 17.8. The Kier molecular flexibility index (Phi) is 13.0. The number of ether oxygens (including phenoxy) is 1. The molecule has 146 valence electrons. The van der Waals surface area contributed by atoms with Gasteiger partial charge in [-0.25, -0.2) is 9.88 Å². The van der Waals surface area contributed by atoms with Crippen molar-refractivity contribution >= 4 is 29.9 Å². The molecule has 0 bridgehead atoms. The van der Waals surface area contributed by atoms with Crippen LogP contribution in [0.25, 0.3) is 0 Å². The van der Waals surface area contributed by atoms with Crippen molar-refractivity contribution in [3.63, 3.8) is 0 Å². The van der Waals surface area contributed by atoms with Gasteiger partial charge in [-0.05, 0) is 33.2 Å². The molecule has 0 spiro atoms. The van der Waals surface area contributed by atoms with Gasteiger partial charge in [0.25, 0.3) is 6.65 Å². The van der Waals surface area contributed by atoms with Crippen molar-refractivity contribution < 1.29 is 18.9 Å². The van der Waals surface area contributed by atoms with Crippen LogP contribution in [0.1, 0.15) is 59.3 Å². The number of hydrogen-bond donors (Lipinski definition) is 1. The molecule has 6 nitrogen and oxygen atoms in total. The first kappa shape index (κ1) is 24.2. The van der Waals surface area contributed by atoms with Crippen molar-refractivity contribution in [1.29, 1.82) is 0 Å². The lowest BCUT2D eigenvalue weighted by Crippen LogP contribution is -2.28. The van der Waals surface area contributed by atoms with Crippen LogP contribution in [0.5, 0.6) is 0 Å². The smallest absolute Gasteiger partial charge is 0.330 e. The summed E-state index contributed by atoms with van der Waals surface area (Å²) in [6.07, 6.45) is 7.61. The average Bonchev–Trinajstić information content (AvgIpc) is 2.59. The van der Waals surface area contributed by atoms with Crippen molar-refractivity contribution in [3.8, 4) is 0 Å². The van der Waals surface area contributed by atoms with E-state index in [1.54, 1.807) is 27.1 Å². The van der Waals surface area contributed by atoms with Gasteiger partial charge in [0.2, 0.25) is 5.91 Å². The molecule has 0 heterocycles. The molecule has 2 unspecified atom stereocenters. The molecule has 0 saturated heterocycles. The third-order valence-corrected chi connectivity index (χ3v) is 9.54. The number of esters is 1. The van der Waals surface area contributed by atoms with Gasteiger partial charge in [0.15, 0.2) is 0 Å². The molecule has 0 aliphatic carbocycles. The Hall–Kier alpha value is -0.780. The number of carbonyl (C=O) groups excluding carboxylic acids is 2. The van der Waals surface area contributed by atoms with Gasteiger partial charge in [-0.15, -0.1) is 0 Å². The third-order valence-electron chi connectivity index (χ3n) is 3.77. The highest BCUT2D eigenvalue weighted by Crippen LogP contribution is 2.59. The Morgan fingerprint density at radius 1 is 1.28 bits per heavy atom. The summed E-state index contributed by atoms with van der Waals surface area (Å²) < 4.78 is 19.3. The predicted molar refractivity (Wildman–Crippen MR) is 106 cm³/mol. The van der Waals surface area contributed by atoms with E-state index in [1.807, 2.05) is 13.8 Å². The van der Waals surface area contributed by atoms with E-state index in [0.29, 0.717) is 13.0 Å². The average molecular weight is 393 g/mol.